The van der Waals surface area contributed by atoms with E-state index < -0.39 is 0 Å². The van der Waals surface area contributed by atoms with Gasteiger partial charge >= 0.3 is 0 Å². The fourth-order valence-electron chi connectivity index (χ4n) is 5.53. The molecule has 1 aliphatic carbocycles. The highest BCUT2D eigenvalue weighted by Gasteiger charge is 2.34. The molecule has 0 saturated heterocycles. The third-order valence-electron chi connectivity index (χ3n) is 6.90. The summed E-state index contributed by atoms with van der Waals surface area (Å²) in [6.45, 7) is 6.91. The molecule has 1 aliphatic rings. The third kappa shape index (κ3) is 2.22. The predicted octanol–water partition coefficient (Wildman–Crippen LogP) is 8.27. The van der Waals surface area contributed by atoms with Crippen molar-refractivity contribution in [2.45, 2.75) is 26.2 Å². The smallest absolute Gasteiger partial charge is 0.0159 e. The van der Waals surface area contributed by atoms with Crippen molar-refractivity contribution in [3.8, 4) is 22.3 Å². The molecule has 5 aromatic rings. The minimum absolute atomic E-state index is 0.0323. The molecule has 144 valence electrons. The zero-order chi connectivity index (χ0) is 20.5. The van der Waals surface area contributed by atoms with E-state index in [0.29, 0.717) is 0 Å². The molecule has 0 aromatic heterocycles. The van der Waals surface area contributed by atoms with Crippen molar-refractivity contribution in [3.05, 3.63) is 108 Å². The van der Waals surface area contributed by atoms with Gasteiger partial charge in [-0.25, -0.2) is 0 Å². The first-order valence-electron chi connectivity index (χ1n) is 10.7. The molecule has 0 amide bonds. The molecular weight excluding hydrogens is 360 g/mol. The maximum atomic E-state index is 2.37. The van der Waals surface area contributed by atoms with Gasteiger partial charge in [-0.15, -0.1) is 0 Å². The van der Waals surface area contributed by atoms with Gasteiger partial charge in [-0.2, -0.15) is 0 Å². The van der Waals surface area contributed by atoms with E-state index >= 15 is 0 Å². The van der Waals surface area contributed by atoms with Crippen LogP contribution in [0.5, 0.6) is 0 Å². The number of hydrogen-bond donors (Lipinski definition) is 0. The minimum atomic E-state index is -0.0323. The highest BCUT2D eigenvalue weighted by Crippen LogP contribution is 2.53. The standard InChI is InChI=1S/C30H24/c1-19-10-8-11-20(18-19)27-21-12-4-5-13-22(21)28-23-14-6-7-16-25(23)30(2,3)26-17-9-15-24(27)29(26)28/h4-18H,1-3H3. The number of benzene rings is 5. The largest absolute Gasteiger partial charge is 0.0619 e. The average molecular weight is 385 g/mol. The maximum Gasteiger partial charge on any atom is 0.0159 e. The van der Waals surface area contributed by atoms with Crippen molar-refractivity contribution in [1.29, 1.82) is 0 Å². The Morgan fingerprint density at radius 1 is 0.567 bits per heavy atom. The van der Waals surface area contributed by atoms with Crippen LogP contribution in [0.2, 0.25) is 0 Å². The lowest BCUT2D eigenvalue weighted by molar-refractivity contribution is 0.645. The van der Waals surface area contributed by atoms with Crippen molar-refractivity contribution >= 4 is 21.5 Å². The first-order valence-corrected chi connectivity index (χ1v) is 10.7. The Morgan fingerprint density at radius 2 is 1.20 bits per heavy atom. The van der Waals surface area contributed by atoms with Crippen LogP contribution in [0, 0.1) is 6.92 Å². The van der Waals surface area contributed by atoms with Crippen molar-refractivity contribution in [2.75, 3.05) is 0 Å². The molecule has 0 atom stereocenters. The number of aryl methyl sites for hydroxylation is 1. The van der Waals surface area contributed by atoms with Gasteiger partial charge in [0.2, 0.25) is 0 Å². The molecule has 0 saturated carbocycles. The summed E-state index contributed by atoms with van der Waals surface area (Å²) in [6, 6.07) is 33.7. The second kappa shape index (κ2) is 6.06. The van der Waals surface area contributed by atoms with Gasteiger partial charge in [0, 0.05) is 5.41 Å². The fourth-order valence-corrected chi connectivity index (χ4v) is 5.53. The molecule has 0 fully saturated rings. The highest BCUT2D eigenvalue weighted by molar-refractivity contribution is 6.23. The van der Waals surface area contributed by atoms with Crippen LogP contribution in [0.15, 0.2) is 91.0 Å². The van der Waals surface area contributed by atoms with Crippen molar-refractivity contribution in [3.63, 3.8) is 0 Å². The van der Waals surface area contributed by atoms with Gasteiger partial charge in [-0.3, -0.25) is 0 Å². The zero-order valence-electron chi connectivity index (χ0n) is 17.7. The van der Waals surface area contributed by atoms with Crippen LogP contribution in [0.3, 0.4) is 0 Å². The summed E-state index contributed by atoms with van der Waals surface area (Å²) < 4.78 is 0. The van der Waals surface area contributed by atoms with Crippen LogP contribution >= 0.6 is 0 Å². The summed E-state index contributed by atoms with van der Waals surface area (Å²) in [5.74, 6) is 0. The van der Waals surface area contributed by atoms with Gasteiger partial charge in [-0.05, 0) is 61.8 Å². The van der Waals surface area contributed by atoms with E-state index in [2.05, 4.69) is 112 Å². The summed E-state index contributed by atoms with van der Waals surface area (Å²) in [6.07, 6.45) is 0. The number of rotatable bonds is 1. The molecule has 0 N–H and O–H groups in total. The molecular formula is C30H24. The van der Waals surface area contributed by atoms with Gasteiger partial charge in [0.25, 0.3) is 0 Å². The summed E-state index contributed by atoms with van der Waals surface area (Å²) in [7, 11) is 0. The minimum Gasteiger partial charge on any atom is -0.0619 e. The monoisotopic (exact) mass is 384 g/mol. The second-order valence-electron chi connectivity index (χ2n) is 9.06. The Labute approximate surface area is 177 Å². The summed E-state index contributed by atoms with van der Waals surface area (Å²) in [5.41, 5.74) is 9.52. The Bertz CT molecular complexity index is 1470. The first-order chi connectivity index (χ1) is 14.6. The molecule has 0 heterocycles. The maximum absolute atomic E-state index is 2.37. The lowest BCUT2D eigenvalue weighted by atomic mass is 9.67. The van der Waals surface area contributed by atoms with Crippen LogP contribution in [0.25, 0.3) is 43.8 Å². The van der Waals surface area contributed by atoms with E-state index in [9.17, 15) is 0 Å². The van der Waals surface area contributed by atoms with Crippen LogP contribution in [-0.4, -0.2) is 0 Å². The van der Waals surface area contributed by atoms with E-state index in [1.54, 1.807) is 0 Å². The average Bonchev–Trinajstić information content (AvgIpc) is 2.76. The lowest BCUT2D eigenvalue weighted by Crippen LogP contribution is -2.23. The molecule has 30 heavy (non-hydrogen) atoms. The van der Waals surface area contributed by atoms with Crippen LogP contribution in [-0.2, 0) is 5.41 Å². The van der Waals surface area contributed by atoms with Gasteiger partial charge in [-0.1, -0.05) is 110 Å². The quantitative estimate of drug-likeness (QED) is 0.255. The summed E-state index contributed by atoms with van der Waals surface area (Å²) in [5, 5.41) is 5.44. The van der Waals surface area contributed by atoms with Gasteiger partial charge in [0.05, 0.1) is 0 Å². The number of hydrogen-bond acceptors (Lipinski definition) is 0. The Balaban J connectivity index is 1.92. The van der Waals surface area contributed by atoms with Crippen molar-refractivity contribution < 1.29 is 0 Å². The molecule has 5 aromatic carbocycles. The van der Waals surface area contributed by atoms with Gasteiger partial charge in [0.15, 0.2) is 0 Å². The third-order valence-corrected chi connectivity index (χ3v) is 6.90. The Kier molecular flexibility index (Phi) is 3.53. The van der Waals surface area contributed by atoms with E-state index in [0.717, 1.165) is 0 Å². The summed E-state index contributed by atoms with van der Waals surface area (Å²) in [4.78, 5) is 0. The molecule has 0 nitrogen and oxygen atoms in total. The van der Waals surface area contributed by atoms with Crippen LogP contribution in [0.4, 0.5) is 0 Å². The van der Waals surface area contributed by atoms with Crippen LogP contribution in [0.1, 0.15) is 30.5 Å². The van der Waals surface area contributed by atoms with E-state index in [1.807, 2.05) is 0 Å². The van der Waals surface area contributed by atoms with Crippen LogP contribution < -0.4 is 0 Å². The second-order valence-corrected chi connectivity index (χ2v) is 9.06. The Hall–Kier alpha value is -3.38. The molecule has 0 radical (unpaired) electrons. The molecule has 0 bridgehead atoms. The Morgan fingerprint density at radius 3 is 2.00 bits per heavy atom. The SMILES string of the molecule is Cc1cccc(-c2c3ccccc3c3c4c(cccc24)C(C)(C)c2ccccc2-3)c1. The normalized spacial score (nSPS) is 14.1. The lowest BCUT2D eigenvalue weighted by Gasteiger charge is -2.36. The van der Waals surface area contributed by atoms with E-state index in [-0.39, 0.29) is 5.41 Å². The molecule has 0 aliphatic heterocycles. The molecule has 0 heteroatoms. The fraction of sp³-hybridized carbons (Fsp3) is 0.133. The number of fused-ring (bicyclic) bond motifs is 4. The van der Waals surface area contributed by atoms with Gasteiger partial charge in [0.1, 0.15) is 0 Å². The van der Waals surface area contributed by atoms with E-state index in [4.69, 9.17) is 0 Å². The van der Waals surface area contributed by atoms with Crippen molar-refractivity contribution in [2.24, 2.45) is 0 Å². The zero-order valence-corrected chi connectivity index (χ0v) is 17.7. The first kappa shape index (κ1) is 17.5. The van der Waals surface area contributed by atoms with Crippen molar-refractivity contribution in [1.82, 2.24) is 0 Å². The molecule has 0 spiro atoms. The predicted molar refractivity (Wildman–Crippen MR) is 129 cm³/mol. The topological polar surface area (TPSA) is 0 Å². The molecule has 0 unspecified atom stereocenters. The van der Waals surface area contributed by atoms with Gasteiger partial charge < -0.3 is 0 Å². The molecule has 6 rings (SSSR count). The highest BCUT2D eigenvalue weighted by atomic mass is 14.4. The van der Waals surface area contributed by atoms with E-state index in [1.165, 1.54) is 60.5 Å². The summed E-state index contributed by atoms with van der Waals surface area (Å²) >= 11 is 0.